The largest absolute Gasteiger partial charge is 0.384 e. The average Bonchev–Trinajstić information content (AvgIpc) is 3.04. The third kappa shape index (κ3) is 3.23. The highest BCUT2D eigenvalue weighted by Crippen LogP contribution is 2.34. The zero-order chi connectivity index (χ0) is 14.5. The van der Waals surface area contributed by atoms with Crippen LogP contribution in [-0.2, 0) is 0 Å². The summed E-state index contributed by atoms with van der Waals surface area (Å²) in [5, 5.41) is 13.8. The molecule has 1 aromatic heterocycles. The maximum atomic E-state index is 12.4. The second kappa shape index (κ2) is 6.92. The van der Waals surface area contributed by atoms with E-state index in [9.17, 15) is 4.79 Å². The minimum absolute atomic E-state index is 0.0316. The van der Waals surface area contributed by atoms with Crippen molar-refractivity contribution >= 4 is 17.2 Å². The van der Waals surface area contributed by atoms with Crippen LogP contribution in [0.25, 0.3) is 0 Å². The summed E-state index contributed by atoms with van der Waals surface area (Å²) < 4.78 is 0. The molecule has 4 heteroatoms. The van der Waals surface area contributed by atoms with Gasteiger partial charge in [-0.25, -0.2) is 0 Å². The zero-order valence-electron chi connectivity index (χ0n) is 12.0. The molecule has 108 valence electrons. The Bertz CT molecular complexity index is 526. The molecule has 1 saturated carbocycles. The molecule has 1 fully saturated rings. The zero-order valence-corrected chi connectivity index (χ0v) is 12.8. The van der Waals surface area contributed by atoms with Gasteiger partial charge < -0.3 is 10.4 Å². The van der Waals surface area contributed by atoms with Gasteiger partial charge in [0.05, 0.1) is 0 Å². The molecule has 1 aliphatic carbocycles. The fourth-order valence-corrected chi connectivity index (χ4v) is 3.73. The van der Waals surface area contributed by atoms with Gasteiger partial charge in [-0.05, 0) is 36.1 Å². The lowest BCUT2D eigenvalue weighted by Crippen LogP contribution is -2.37. The van der Waals surface area contributed by atoms with E-state index in [1.165, 1.54) is 24.2 Å². The summed E-state index contributed by atoms with van der Waals surface area (Å²) in [4.78, 5) is 13.0. The van der Waals surface area contributed by atoms with Crippen LogP contribution in [0.2, 0.25) is 0 Å². The van der Waals surface area contributed by atoms with Gasteiger partial charge in [0.1, 0.15) is 11.5 Å². The van der Waals surface area contributed by atoms with Crippen LogP contribution in [0.15, 0.2) is 11.4 Å². The highest BCUT2D eigenvalue weighted by atomic mass is 32.1. The molecule has 0 saturated heterocycles. The summed E-state index contributed by atoms with van der Waals surface area (Å²) in [7, 11) is 0. The first-order valence-electron chi connectivity index (χ1n) is 7.15. The van der Waals surface area contributed by atoms with Crippen molar-refractivity contribution in [3.63, 3.8) is 0 Å². The molecule has 1 aliphatic rings. The summed E-state index contributed by atoms with van der Waals surface area (Å²) in [6, 6.07) is 2.10. The van der Waals surface area contributed by atoms with Crippen LogP contribution < -0.4 is 5.32 Å². The van der Waals surface area contributed by atoms with Gasteiger partial charge in [0.2, 0.25) is 0 Å². The molecule has 3 unspecified atom stereocenters. The molecule has 0 aromatic carbocycles. The Morgan fingerprint density at radius 3 is 3.00 bits per heavy atom. The second-order valence-corrected chi connectivity index (χ2v) is 6.22. The van der Waals surface area contributed by atoms with E-state index in [1.807, 2.05) is 11.4 Å². The normalized spacial score (nSPS) is 25.1. The van der Waals surface area contributed by atoms with Crippen LogP contribution in [0, 0.1) is 23.7 Å². The standard InChI is InChI=1S/C16H21NO2S/c1-3-12-6-7-14(11(12)2)17-16(19)15-13(5-4-9-18)8-10-20-15/h8,10-12,14,18H,3,6-7,9H2,1-2H3,(H,17,19). The maximum absolute atomic E-state index is 12.4. The highest BCUT2D eigenvalue weighted by molar-refractivity contribution is 7.12. The molecular formula is C16H21NO2S. The Balaban J connectivity index is 2.04. The third-order valence-electron chi connectivity index (χ3n) is 4.24. The molecule has 0 aliphatic heterocycles. The average molecular weight is 291 g/mol. The molecule has 20 heavy (non-hydrogen) atoms. The molecule has 0 spiro atoms. The van der Waals surface area contributed by atoms with Crippen LogP contribution in [0.3, 0.4) is 0 Å². The van der Waals surface area contributed by atoms with Gasteiger partial charge in [-0.15, -0.1) is 11.3 Å². The Morgan fingerprint density at radius 2 is 2.35 bits per heavy atom. The van der Waals surface area contributed by atoms with E-state index in [2.05, 4.69) is 31.0 Å². The Morgan fingerprint density at radius 1 is 1.55 bits per heavy atom. The second-order valence-electron chi connectivity index (χ2n) is 5.31. The molecule has 3 atom stereocenters. The fraction of sp³-hybridized carbons (Fsp3) is 0.562. The molecule has 1 aromatic rings. The van der Waals surface area contributed by atoms with Gasteiger partial charge in [0.25, 0.3) is 5.91 Å². The number of carbonyl (C=O) groups excluding carboxylic acids is 1. The molecule has 2 N–H and O–H groups in total. The fourth-order valence-electron chi connectivity index (χ4n) is 2.98. The van der Waals surface area contributed by atoms with Crippen molar-refractivity contribution in [1.82, 2.24) is 5.32 Å². The Labute approximate surface area is 124 Å². The van der Waals surface area contributed by atoms with Crippen LogP contribution in [0.1, 0.15) is 48.3 Å². The summed E-state index contributed by atoms with van der Waals surface area (Å²) in [5.41, 5.74) is 0.708. The molecule has 0 bridgehead atoms. The lowest BCUT2D eigenvalue weighted by Gasteiger charge is -2.20. The summed E-state index contributed by atoms with van der Waals surface area (Å²) in [5.74, 6) is 6.65. The van der Waals surface area contributed by atoms with Crippen molar-refractivity contribution in [2.45, 2.75) is 39.2 Å². The molecule has 0 radical (unpaired) electrons. The van der Waals surface area contributed by atoms with Gasteiger partial charge in [-0.3, -0.25) is 4.79 Å². The quantitative estimate of drug-likeness (QED) is 0.841. The number of hydrogen-bond donors (Lipinski definition) is 2. The number of carbonyl (C=O) groups is 1. The van der Waals surface area contributed by atoms with Crippen molar-refractivity contribution in [2.75, 3.05) is 6.61 Å². The Hall–Kier alpha value is -1.31. The number of thiophene rings is 1. The lowest BCUT2D eigenvalue weighted by molar-refractivity contribution is 0.0930. The van der Waals surface area contributed by atoms with Crippen LogP contribution in [0.5, 0.6) is 0 Å². The predicted molar refractivity (Wildman–Crippen MR) is 81.7 cm³/mol. The topological polar surface area (TPSA) is 49.3 Å². The van der Waals surface area contributed by atoms with E-state index in [0.29, 0.717) is 16.4 Å². The maximum Gasteiger partial charge on any atom is 0.262 e. The number of aliphatic hydroxyl groups excluding tert-OH is 1. The highest BCUT2D eigenvalue weighted by Gasteiger charge is 2.32. The molecule has 3 nitrogen and oxygen atoms in total. The van der Waals surface area contributed by atoms with Crippen LogP contribution >= 0.6 is 11.3 Å². The molecule has 2 rings (SSSR count). The van der Waals surface area contributed by atoms with E-state index >= 15 is 0 Å². The van der Waals surface area contributed by atoms with Gasteiger partial charge >= 0.3 is 0 Å². The third-order valence-corrected chi connectivity index (χ3v) is 5.15. The number of nitrogens with one attached hydrogen (secondary N) is 1. The van der Waals surface area contributed by atoms with E-state index in [-0.39, 0.29) is 18.6 Å². The van der Waals surface area contributed by atoms with E-state index in [4.69, 9.17) is 5.11 Å². The van der Waals surface area contributed by atoms with Crippen LogP contribution in [0.4, 0.5) is 0 Å². The summed E-state index contributed by atoms with van der Waals surface area (Å²) >= 11 is 1.40. The van der Waals surface area contributed by atoms with Crippen molar-refractivity contribution in [3.8, 4) is 11.8 Å². The smallest absolute Gasteiger partial charge is 0.262 e. The number of amides is 1. The minimum atomic E-state index is -0.186. The lowest BCUT2D eigenvalue weighted by atomic mass is 9.93. The summed E-state index contributed by atoms with van der Waals surface area (Å²) in [6.07, 6.45) is 3.44. The molecular weight excluding hydrogens is 270 g/mol. The SMILES string of the molecule is CCC1CCC(NC(=O)c2sccc2C#CCO)C1C. The monoisotopic (exact) mass is 291 g/mol. The van der Waals surface area contributed by atoms with E-state index in [0.717, 1.165) is 12.3 Å². The van der Waals surface area contributed by atoms with Gasteiger partial charge in [-0.1, -0.05) is 32.1 Å². The van der Waals surface area contributed by atoms with Gasteiger partial charge in [0.15, 0.2) is 0 Å². The molecule has 1 heterocycles. The van der Waals surface area contributed by atoms with E-state index in [1.54, 1.807) is 0 Å². The van der Waals surface area contributed by atoms with E-state index < -0.39 is 0 Å². The van der Waals surface area contributed by atoms with Gasteiger partial charge in [0, 0.05) is 11.6 Å². The van der Waals surface area contributed by atoms with Crippen LogP contribution in [-0.4, -0.2) is 23.7 Å². The number of aliphatic hydroxyl groups is 1. The van der Waals surface area contributed by atoms with Crippen molar-refractivity contribution < 1.29 is 9.90 Å². The molecule has 1 amide bonds. The van der Waals surface area contributed by atoms with Crippen molar-refractivity contribution in [3.05, 3.63) is 21.9 Å². The van der Waals surface area contributed by atoms with Gasteiger partial charge in [-0.2, -0.15) is 0 Å². The summed E-state index contributed by atoms with van der Waals surface area (Å²) in [6.45, 7) is 4.26. The first kappa shape index (κ1) is 15.1. The van der Waals surface area contributed by atoms with Crippen molar-refractivity contribution in [1.29, 1.82) is 0 Å². The first-order valence-corrected chi connectivity index (χ1v) is 8.03. The number of hydrogen-bond acceptors (Lipinski definition) is 3. The predicted octanol–water partition coefficient (Wildman–Crippen LogP) is 2.65. The number of rotatable bonds is 3. The van der Waals surface area contributed by atoms with Crippen molar-refractivity contribution in [2.24, 2.45) is 11.8 Å². The Kier molecular flexibility index (Phi) is 5.22. The first-order chi connectivity index (χ1) is 9.67. The minimum Gasteiger partial charge on any atom is -0.384 e.